The Morgan fingerprint density at radius 2 is 2.42 bits per heavy atom. The van der Waals surface area contributed by atoms with Gasteiger partial charge in [0.2, 0.25) is 0 Å². The highest BCUT2D eigenvalue weighted by atomic mass is 14.7. The molecule has 0 saturated carbocycles. The summed E-state index contributed by atoms with van der Waals surface area (Å²) in [5.41, 5.74) is 1.97. The van der Waals surface area contributed by atoms with Gasteiger partial charge in [0, 0.05) is 5.57 Å². The maximum absolute atomic E-state index is 8.71. The summed E-state index contributed by atoms with van der Waals surface area (Å²) in [5.74, 6) is 0. The maximum Gasteiger partial charge on any atom is 0.187 e. The van der Waals surface area contributed by atoms with E-state index in [0.29, 0.717) is 11.3 Å². The Morgan fingerprint density at radius 3 is 3.00 bits per heavy atom. The smallest absolute Gasteiger partial charge is 0.187 e. The molecule has 1 aliphatic rings. The molecule has 2 heteroatoms. The van der Waals surface area contributed by atoms with Crippen LogP contribution in [0.5, 0.6) is 0 Å². The van der Waals surface area contributed by atoms with E-state index >= 15 is 0 Å². The minimum atomic E-state index is 0.592. The maximum atomic E-state index is 8.71. The molecule has 58 valence electrons. The first-order chi connectivity index (χ1) is 5.79. The SMILES string of the molecule is [C-]#[N+]C1=CCC=CC(C#N)=C1C. The molecule has 0 saturated heterocycles. The van der Waals surface area contributed by atoms with Crippen LogP contribution in [-0.4, -0.2) is 0 Å². The van der Waals surface area contributed by atoms with Gasteiger partial charge in [-0.25, -0.2) is 4.85 Å². The lowest BCUT2D eigenvalue weighted by molar-refractivity contribution is 1.33. The number of hydrogen-bond donors (Lipinski definition) is 0. The van der Waals surface area contributed by atoms with Gasteiger partial charge < -0.3 is 0 Å². The standard InChI is InChI=1S/C10H8N2/c1-8-9(7-11)5-3-4-6-10(8)12-2/h3,5-6H,4H2,1H3. The van der Waals surface area contributed by atoms with E-state index in [1.807, 2.05) is 12.2 Å². The van der Waals surface area contributed by atoms with Gasteiger partial charge in [0.05, 0.1) is 12.6 Å². The summed E-state index contributed by atoms with van der Waals surface area (Å²) >= 11 is 0. The van der Waals surface area contributed by atoms with E-state index in [1.165, 1.54) is 0 Å². The highest BCUT2D eigenvalue weighted by Gasteiger charge is 2.06. The third kappa shape index (κ3) is 1.44. The highest BCUT2D eigenvalue weighted by Crippen LogP contribution is 2.20. The molecule has 0 heterocycles. The van der Waals surface area contributed by atoms with Crippen LogP contribution in [0.1, 0.15) is 13.3 Å². The molecule has 0 amide bonds. The molecule has 1 aliphatic carbocycles. The number of nitriles is 1. The van der Waals surface area contributed by atoms with E-state index in [9.17, 15) is 0 Å². The second-order valence-electron chi connectivity index (χ2n) is 2.49. The van der Waals surface area contributed by atoms with Gasteiger partial charge in [0.15, 0.2) is 5.70 Å². The van der Waals surface area contributed by atoms with Crippen molar-refractivity contribution in [2.24, 2.45) is 0 Å². The summed E-state index contributed by atoms with van der Waals surface area (Å²) in [7, 11) is 0. The monoisotopic (exact) mass is 156 g/mol. The molecular weight excluding hydrogens is 148 g/mol. The van der Waals surface area contributed by atoms with Crippen molar-refractivity contribution in [2.75, 3.05) is 0 Å². The highest BCUT2D eigenvalue weighted by molar-refractivity contribution is 5.49. The third-order valence-electron chi connectivity index (χ3n) is 1.76. The zero-order chi connectivity index (χ0) is 8.97. The lowest BCUT2D eigenvalue weighted by atomic mass is 10.1. The zero-order valence-corrected chi connectivity index (χ0v) is 6.83. The van der Waals surface area contributed by atoms with E-state index in [0.717, 1.165) is 12.0 Å². The molecule has 0 unspecified atom stereocenters. The molecule has 1 rings (SSSR count). The summed E-state index contributed by atoms with van der Waals surface area (Å²) in [5, 5.41) is 8.71. The first-order valence-electron chi connectivity index (χ1n) is 3.65. The Kier molecular flexibility index (Phi) is 2.46. The van der Waals surface area contributed by atoms with Gasteiger partial charge >= 0.3 is 0 Å². The molecule has 0 radical (unpaired) electrons. The van der Waals surface area contributed by atoms with E-state index in [4.69, 9.17) is 11.8 Å². The average molecular weight is 156 g/mol. The summed E-state index contributed by atoms with van der Waals surface area (Å²) < 4.78 is 0. The minimum Gasteiger partial charge on any atom is -0.238 e. The molecule has 0 atom stereocenters. The van der Waals surface area contributed by atoms with Crippen molar-refractivity contribution in [3.05, 3.63) is 46.5 Å². The van der Waals surface area contributed by atoms with Crippen LogP contribution in [0.3, 0.4) is 0 Å². The van der Waals surface area contributed by atoms with Crippen molar-refractivity contribution in [2.45, 2.75) is 13.3 Å². The van der Waals surface area contributed by atoms with Crippen LogP contribution in [0, 0.1) is 17.9 Å². The fourth-order valence-electron chi connectivity index (χ4n) is 1.03. The van der Waals surface area contributed by atoms with Crippen molar-refractivity contribution in [3.8, 4) is 6.07 Å². The number of rotatable bonds is 0. The summed E-state index contributed by atoms with van der Waals surface area (Å²) in [6.07, 6.45) is 6.23. The Hall–Kier alpha value is -1.80. The first-order valence-corrected chi connectivity index (χ1v) is 3.65. The molecule has 2 nitrogen and oxygen atoms in total. The zero-order valence-electron chi connectivity index (χ0n) is 6.83. The Balaban J connectivity index is 3.21. The lowest BCUT2D eigenvalue weighted by Crippen LogP contribution is -1.82. The Morgan fingerprint density at radius 1 is 1.67 bits per heavy atom. The molecule has 12 heavy (non-hydrogen) atoms. The average Bonchev–Trinajstić information content (AvgIpc) is 2.27. The number of nitrogens with zero attached hydrogens (tertiary/aromatic N) is 2. The first kappa shape index (κ1) is 8.30. The van der Waals surface area contributed by atoms with Gasteiger partial charge in [-0.2, -0.15) is 5.26 Å². The van der Waals surface area contributed by atoms with Crippen molar-refractivity contribution >= 4 is 0 Å². The van der Waals surface area contributed by atoms with Gasteiger partial charge in [-0.1, -0.05) is 12.2 Å². The van der Waals surface area contributed by atoms with Crippen LogP contribution in [0.2, 0.25) is 0 Å². The van der Waals surface area contributed by atoms with Crippen molar-refractivity contribution < 1.29 is 0 Å². The van der Waals surface area contributed by atoms with Gasteiger partial charge in [-0.15, -0.1) is 0 Å². The lowest BCUT2D eigenvalue weighted by Gasteiger charge is -1.96. The van der Waals surface area contributed by atoms with Crippen molar-refractivity contribution in [1.29, 1.82) is 5.26 Å². The van der Waals surface area contributed by atoms with Crippen LogP contribution in [0.25, 0.3) is 4.85 Å². The minimum absolute atomic E-state index is 0.592. The second-order valence-corrected chi connectivity index (χ2v) is 2.49. The predicted molar refractivity (Wildman–Crippen MR) is 46.8 cm³/mol. The van der Waals surface area contributed by atoms with Crippen LogP contribution < -0.4 is 0 Å². The molecular formula is C10H8N2. The van der Waals surface area contributed by atoms with Crippen LogP contribution >= 0.6 is 0 Å². The van der Waals surface area contributed by atoms with Crippen molar-refractivity contribution in [1.82, 2.24) is 0 Å². The molecule has 0 aliphatic heterocycles. The molecule has 0 aromatic rings. The number of allylic oxidation sites excluding steroid dienone is 5. The molecule has 0 fully saturated rings. The Labute approximate surface area is 71.9 Å². The molecule has 0 N–H and O–H groups in total. The molecule has 0 aromatic carbocycles. The molecule has 0 bridgehead atoms. The van der Waals surface area contributed by atoms with Gasteiger partial charge in [0.1, 0.15) is 0 Å². The normalized spacial score (nSPS) is 16.1. The topological polar surface area (TPSA) is 28.1 Å². The third-order valence-corrected chi connectivity index (χ3v) is 1.76. The van der Waals surface area contributed by atoms with Crippen molar-refractivity contribution in [3.63, 3.8) is 0 Å². The fourth-order valence-corrected chi connectivity index (χ4v) is 1.03. The molecule has 0 aromatic heterocycles. The van der Waals surface area contributed by atoms with Gasteiger partial charge in [-0.3, -0.25) is 0 Å². The van der Waals surface area contributed by atoms with E-state index in [2.05, 4.69) is 10.9 Å². The largest absolute Gasteiger partial charge is 0.238 e. The van der Waals surface area contributed by atoms with Crippen LogP contribution in [0.4, 0.5) is 0 Å². The van der Waals surface area contributed by atoms with Crippen LogP contribution in [0.15, 0.2) is 35.1 Å². The second kappa shape index (κ2) is 3.55. The van der Waals surface area contributed by atoms with Gasteiger partial charge in [-0.05, 0) is 25.0 Å². The Bertz CT molecular complexity index is 356. The fraction of sp³-hybridized carbons (Fsp3) is 0.200. The number of hydrogen-bond acceptors (Lipinski definition) is 1. The summed E-state index contributed by atoms with van der Waals surface area (Å²) in [4.78, 5) is 3.35. The van der Waals surface area contributed by atoms with Gasteiger partial charge in [0.25, 0.3) is 0 Å². The quantitative estimate of drug-likeness (QED) is 0.495. The summed E-state index contributed by atoms with van der Waals surface area (Å²) in [6.45, 7) is 8.68. The van der Waals surface area contributed by atoms with E-state index in [-0.39, 0.29) is 0 Å². The van der Waals surface area contributed by atoms with E-state index < -0.39 is 0 Å². The summed E-state index contributed by atoms with van der Waals surface area (Å²) in [6, 6.07) is 2.07. The van der Waals surface area contributed by atoms with Crippen LogP contribution in [-0.2, 0) is 0 Å². The predicted octanol–water partition coefficient (Wildman–Crippen LogP) is 2.59. The molecule has 0 spiro atoms. The van der Waals surface area contributed by atoms with E-state index in [1.54, 1.807) is 13.0 Å².